The van der Waals surface area contributed by atoms with Gasteiger partial charge in [-0.3, -0.25) is 0 Å². The fourth-order valence-electron chi connectivity index (χ4n) is 2.16. The van der Waals surface area contributed by atoms with Gasteiger partial charge in [-0.2, -0.15) is 0 Å². The lowest BCUT2D eigenvalue weighted by Gasteiger charge is -2.19. The third-order valence-corrected chi connectivity index (χ3v) is 4.07. The molecule has 0 radical (unpaired) electrons. The van der Waals surface area contributed by atoms with E-state index in [1.165, 1.54) is 6.07 Å². The molecule has 0 aromatic heterocycles. The van der Waals surface area contributed by atoms with Gasteiger partial charge in [-0.1, -0.05) is 37.3 Å². The fraction of sp³-hybridized carbons (Fsp3) is 0.294. The van der Waals surface area contributed by atoms with Gasteiger partial charge in [-0.15, -0.1) is 0 Å². The zero-order chi connectivity index (χ0) is 15.1. The van der Waals surface area contributed by atoms with E-state index in [4.69, 9.17) is 4.74 Å². The Balaban J connectivity index is 2.00. The maximum absolute atomic E-state index is 13.6. The first-order valence-electron chi connectivity index (χ1n) is 7.04. The van der Waals surface area contributed by atoms with E-state index in [0.717, 1.165) is 17.9 Å². The van der Waals surface area contributed by atoms with Crippen molar-refractivity contribution in [2.45, 2.75) is 19.4 Å². The van der Waals surface area contributed by atoms with E-state index in [0.29, 0.717) is 17.5 Å². The van der Waals surface area contributed by atoms with Crippen molar-refractivity contribution in [3.05, 3.63) is 64.4 Å². The van der Waals surface area contributed by atoms with E-state index in [1.807, 2.05) is 36.4 Å². The highest BCUT2D eigenvalue weighted by Crippen LogP contribution is 2.22. The van der Waals surface area contributed by atoms with Gasteiger partial charge in [0.1, 0.15) is 18.2 Å². The Morgan fingerprint density at radius 3 is 2.62 bits per heavy atom. The maximum Gasteiger partial charge on any atom is 0.137 e. The van der Waals surface area contributed by atoms with Crippen LogP contribution in [0.1, 0.15) is 12.5 Å². The van der Waals surface area contributed by atoms with Crippen LogP contribution < -0.4 is 10.1 Å². The molecule has 112 valence electrons. The first-order valence-corrected chi connectivity index (χ1v) is 7.84. The van der Waals surface area contributed by atoms with Crippen molar-refractivity contribution in [1.82, 2.24) is 5.32 Å². The van der Waals surface area contributed by atoms with Crippen molar-refractivity contribution >= 4 is 15.9 Å². The predicted molar refractivity (Wildman–Crippen MR) is 87.2 cm³/mol. The average molecular weight is 352 g/mol. The van der Waals surface area contributed by atoms with Crippen molar-refractivity contribution in [2.75, 3.05) is 13.2 Å². The van der Waals surface area contributed by atoms with E-state index in [1.54, 1.807) is 6.07 Å². The Bertz CT molecular complexity index is 562. The first-order chi connectivity index (χ1) is 10.2. The van der Waals surface area contributed by atoms with Gasteiger partial charge in [-0.05, 0) is 52.7 Å². The second-order valence-corrected chi connectivity index (χ2v) is 5.59. The van der Waals surface area contributed by atoms with Gasteiger partial charge >= 0.3 is 0 Å². The lowest BCUT2D eigenvalue weighted by atomic mass is 10.1. The van der Waals surface area contributed by atoms with Crippen LogP contribution in [0, 0.1) is 5.82 Å². The van der Waals surface area contributed by atoms with Crippen molar-refractivity contribution in [1.29, 1.82) is 0 Å². The van der Waals surface area contributed by atoms with Gasteiger partial charge < -0.3 is 10.1 Å². The highest BCUT2D eigenvalue weighted by molar-refractivity contribution is 9.10. The van der Waals surface area contributed by atoms with Crippen LogP contribution in [-0.4, -0.2) is 19.2 Å². The molecule has 2 nitrogen and oxygen atoms in total. The Labute approximate surface area is 133 Å². The molecular formula is C17H19BrFNO. The molecule has 0 aliphatic heterocycles. The molecule has 4 heteroatoms. The maximum atomic E-state index is 13.6. The Morgan fingerprint density at radius 2 is 1.90 bits per heavy atom. The number of likely N-dealkylation sites (N-methyl/N-ethyl adjacent to an activating group) is 1. The monoisotopic (exact) mass is 351 g/mol. The number of benzene rings is 2. The van der Waals surface area contributed by atoms with Crippen LogP contribution in [0.5, 0.6) is 5.75 Å². The molecule has 0 spiro atoms. The number of nitrogens with one attached hydrogen (secondary N) is 1. The van der Waals surface area contributed by atoms with E-state index in [2.05, 4.69) is 28.2 Å². The summed E-state index contributed by atoms with van der Waals surface area (Å²) in [5, 5.41) is 3.38. The minimum atomic E-state index is -0.230. The number of hydrogen-bond donors (Lipinski definition) is 1. The Morgan fingerprint density at radius 1 is 1.14 bits per heavy atom. The number of ether oxygens (including phenoxy) is 1. The summed E-state index contributed by atoms with van der Waals surface area (Å²) >= 11 is 3.31. The van der Waals surface area contributed by atoms with Crippen LogP contribution in [0.4, 0.5) is 4.39 Å². The molecule has 1 N–H and O–H groups in total. The molecule has 2 aromatic rings. The molecule has 2 rings (SSSR count). The van der Waals surface area contributed by atoms with E-state index in [9.17, 15) is 4.39 Å². The third-order valence-electron chi connectivity index (χ3n) is 3.19. The molecule has 0 heterocycles. The van der Waals surface area contributed by atoms with Crippen molar-refractivity contribution in [3.63, 3.8) is 0 Å². The molecule has 0 aliphatic rings. The summed E-state index contributed by atoms with van der Waals surface area (Å²) in [6.07, 6.45) is 0.707. The minimum Gasteiger partial charge on any atom is -0.492 e. The van der Waals surface area contributed by atoms with Gasteiger partial charge in [0.05, 0.1) is 4.47 Å². The lowest BCUT2D eigenvalue weighted by molar-refractivity contribution is 0.264. The Kier molecular flexibility index (Phi) is 6.21. The second-order valence-electron chi connectivity index (χ2n) is 4.80. The highest BCUT2D eigenvalue weighted by atomic mass is 79.9. The zero-order valence-electron chi connectivity index (χ0n) is 12.0. The van der Waals surface area contributed by atoms with Crippen LogP contribution in [-0.2, 0) is 6.42 Å². The third kappa shape index (κ3) is 4.83. The summed E-state index contributed by atoms with van der Waals surface area (Å²) in [6.45, 7) is 3.44. The molecule has 1 unspecified atom stereocenters. The molecule has 0 aliphatic carbocycles. The fourth-order valence-corrected chi connectivity index (χ4v) is 2.59. The molecule has 0 fully saturated rings. The van der Waals surface area contributed by atoms with Crippen LogP contribution in [0.15, 0.2) is 53.0 Å². The predicted octanol–water partition coefficient (Wildman–Crippen LogP) is 4.19. The molecule has 0 saturated heterocycles. The van der Waals surface area contributed by atoms with E-state index >= 15 is 0 Å². The normalized spacial score (nSPS) is 12.1. The number of para-hydroxylation sites is 1. The number of rotatable bonds is 7. The SMILES string of the molecule is CCNC(COc1ccccc1)Cc1cccc(F)c1Br. The molecular weight excluding hydrogens is 333 g/mol. The minimum absolute atomic E-state index is 0.133. The van der Waals surface area contributed by atoms with Crippen LogP contribution in [0.3, 0.4) is 0 Å². The summed E-state index contributed by atoms with van der Waals surface area (Å²) in [7, 11) is 0. The average Bonchev–Trinajstić information content (AvgIpc) is 2.50. The smallest absolute Gasteiger partial charge is 0.137 e. The van der Waals surface area contributed by atoms with Crippen molar-refractivity contribution in [3.8, 4) is 5.75 Å². The molecule has 0 bridgehead atoms. The first kappa shape index (κ1) is 16.0. The summed E-state index contributed by atoms with van der Waals surface area (Å²) in [5.41, 5.74) is 0.942. The second kappa shape index (κ2) is 8.15. The molecule has 1 atom stereocenters. The van der Waals surface area contributed by atoms with E-state index in [-0.39, 0.29) is 11.9 Å². The molecule has 0 saturated carbocycles. The lowest BCUT2D eigenvalue weighted by Crippen LogP contribution is -2.36. The topological polar surface area (TPSA) is 21.3 Å². The molecule has 0 amide bonds. The standard InChI is InChI=1S/C17H19BrFNO/c1-2-20-14(12-21-15-8-4-3-5-9-15)11-13-7-6-10-16(19)17(13)18/h3-10,14,20H,2,11-12H2,1H3. The largest absolute Gasteiger partial charge is 0.492 e. The zero-order valence-corrected chi connectivity index (χ0v) is 13.6. The summed E-state index contributed by atoms with van der Waals surface area (Å²) in [6, 6.07) is 15.0. The quantitative estimate of drug-likeness (QED) is 0.807. The van der Waals surface area contributed by atoms with E-state index < -0.39 is 0 Å². The highest BCUT2D eigenvalue weighted by Gasteiger charge is 2.13. The van der Waals surface area contributed by atoms with Gasteiger partial charge in [0.15, 0.2) is 0 Å². The molecule has 21 heavy (non-hydrogen) atoms. The summed E-state index contributed by atoms with van der Waals surface area (Å²) < 4.78 is 19.9. The van der Waals surface area contributed by atoms with Crippen LogP contribution in [0.2, 0.25) is 0 Å². The summed E-state index contributed by atoms with van der Waals surface area (Å²) in [4.78, 5) is 0. The number of halogens is 2. The van der Waals surface area contributed by atoms with Gasteiger partial charge in [0.2, 0.25) is 0 Å². The van der Waals surface area contributed by atoms with Crippen molar-refractivity contribution in [2.24, 2.45) is 0 Å². The Hall–Kier alpha value is -1.39. The van der Waals surface area contributed by atoms with Crippen molar-refractivity contribution < 1.29 is 9.13 Å². The van der Waals surface area contributed by atoms with Crippen LogP contribution >= 0.6 is 15.9 Å². The summed E-state index contributed by atoms with van der Waals surface area (Å²) in [5.74, 6) is 0.616. The van der Waals surface area contributed by atoms with Gasteiger partial charge in [0, 0.05) is 6.04 Å². The van der Waals surface area contributed by atoms with Gasteiger partial charge in [-0.25, -0.2) is 4.39 Å². The van der Waals surface area contributed by atoms with Crippen LogP contribution in [0.25, 0.3) is 0 Å². The molecule has 2 aromatic carbocycles. The van der Waals surface area contributed by atoms with Gasteiger partial charge in [0.25, 0.3) is 0 Å². The number of hydrogen-bond acceptors (Lipinski definition) is 2.